The van der Waals surface area contributed by atoms with E-state index in [1.54, 1.807) is 12.1 Å². The summed E-state index contributed by atoms with van der Waals surface area (Å²) in [4.78, 5) is 12.8. The van der Waals surface area contributed by atoms with Crippen molar-refractivity contribution in [1.29, 1.82) is 0 Å². The zero-order chi connectivity index (χ0) is 15.3. The van der Waals surface area contributed by atoms with Crippen molar-refractivity contribution in [2.24, 2.45) is 5.73 Å². The Morgan fingerprint density at radius 3 is 2.14 bits per heavy atom. The quantitative estimate of drug-likeness (QED) is 0.751. The van der Waals surface area contributed by atoms with E-state index in [-0.39, 0.29) is 11.7 Å². The number of phenolic OH excluding ortho intramolecular Hbond substituents is 1. The summed E-state index contributed by atoms with van der Waals surface area (Å²) in [6.45, 7) is 0. The molecule has 1 aliphatic rings. The molecule has 0 aromatic heterocycles. The van der Waals surface area contributed by atoms with Gasteiger partial charge in [-0.3, -0.25) is 4.79 Å². The van der Waals surface area contributed by atoms with Crippen LogP contribution in [0.15, 0.2) is 24.3 Å². The summed E-state index contributed by atoms with van der Waals surface area (Å²) >= 11 is 5.24. The fraction of sp³-hybridized carbons (Fsp3) is 0.500. The first-order chi connectivity index (χ1) is 10.0. The maximum absolute atomic E-state index is 12.4. The second-order valence-corrected chi connectivity index (χ2v) is 6.15. The Hall–Kier alpha value is -1.62. The lowest BCUT2D eigenvalue weighted by Crippen LogP contribution is -2.57. The van der Waals surface area contributed by atoms with Crippen molar-refractivity contribution < 1.29 is 9.90 Å². The molecule has 0 bridgehead atoms. The van der Waals surface area contributed by atoms with Gasteiger partial charge in [-0.05, 0) is 37.1 Å². The molecule has 1 aromatic carbocycles. The highest BCUT2D eigenvalue weighted by molar-refractivity contribution is 7.80. The predicted octanol–water partition coefficient (Wildman–Crippen LogP) is 2.89. The van der Waals surface area contributed by atoms with Gasteiger partial charge in [0.15, 0.2) is 0 Å². The predicted molar refractivity (Wildman–Crippen MR) is 87.4 cm³/mol. The molecule has 1 fully saturated rings. The molecule has 0 radical (unpaired) electrons. The van der Waals surface area contributed by atoms with Gasteiger partial charge in [0, 0.05) is 5.56 Å². The third-order valence-corrected chi connectivity index (χ3v) is 4.55. The van der Waals surface area contributed by atoms with Gasteiger partial charge in [-0.25, -0.2) is 0 Å². The highest BCUT2D eigenvalue weighted by Gasteiger charge is 2.35. The number of carbonyl (C=O) groups excluding carboxylic acids is 1. The molecule has 5 heteroatoms. The first-order valence-electron chi connectivity index (χ1n) is 7.45. The Labute approximate surface area is 130 Å². The van der Waals surface area contributed by atoms with Crippen molar-refractivity contribution in [1.82, 2.24) is 5.32 Å². The summed E-state index contributed by atoms with van der Waals surface area (Å²) in [7, 11) is 0. The van der Waals surface area contributed by atoms with Crippen LogP contribution in [-0.2, 0) is 0 Å². The number of thiocarbonyl (C=S) groups is 1. The number of rotatable bonds is 3. The largest absolute Gasteiger partial charge is 0.508 e. The van der Waals surface area contributed by atoms with Crippen LogP contribution in [0.25, 0.3) is 0 Å². The minimum atomic E-state index is -0.579. The summed E-state index contributed by atoms with van der Waals surface area (Å²) < 4.78 is 0. The lowest BCUT2D eigenvalue weighted by molar-refractivity contribution is 0.0913. The van der Waals surface area contributed by atoms with Crippen molar-refractivity contribution >= 4 is 23.1 Å². The van der Waals surface area contributed by atoms with Crippen LogP contribution in [0, 0.1) is 0 Å². The molecule has 4 nitrogen and oxygen atoms in total. The first kappa shape index (κ1) is 15.8. The Morgan fingerprint density at radius 1 is 1.10 bits per heavy atom. The lowest BCUT2D eigenvalue weighted by Gasteiger charge is -2.35. The van der Waals surface area contributed by atoms with Gasteiger partial charge in [0.2, 0.25) is 0 Å². The van der Waals surface area contributed by atoms with E-state index < -0.39 is 5.54 Å². The molecule has 1 aliphatic carbocycles. The van der Waals surface area contributed by atoms with E-state index in [0.29, 0.717) is 10.6 Å². The van der Waals surface area contributed by atoms with Crippen LogP contribution < -0.4 is 11.1 Å². The van der Waals surface area contributed by atoms with Crippen molar-refractivity contribution in [3.05, 3.63) is 29.8 Å². The van der Waals surface area contributed by atoms with E-state index in [0.717, 1.165) is 38.5 Å². The van der Waals surface area contributed by atoms with Crippen molar-refractivity contribution in [3.8, 4) is 5.75 Å². The van der Waals surface area contributed by atoms with Gasteiger partial charge >= 0.3 is 0 Å². The summed E-state index contributed by atoms with van der Waals surface area (Å²) in [5.41, 5.74) is 5.88. The normalized spacial score (nSPS) is 18.3. The van der Waals surface area contributed by atoms with Crippen molar-refractivity contribution in [2.45, 2.75) is 50.5 Å². The third-order valence-electron chi connectivity index (χ3n) is 4.16. The summed E-state index contributed by atoms with van der Waals surface area (Å²) in [5.74, 6) is -0.0510. The molecule has 4 N–H and O–H groups in total. The zero-order valence-electron chi connectivity index (χ0n) is 12.1. The lowest BCUT2D eigenvalue weighted by atomic mass is 9.83. The fourth-order valence-corrected chi connectivity index (χ4v) is 3.10. The SMILES string of the molecule is NC(=S)C1(NC(=O)c2ccc(O)cc2)CCCCCCC1. The third kappa shape index (κ3) is 3.94. The van der Waals surface area contributed by atoms with E-state index >= 15 is 0 Å². The molecule has 0 heterocycles. The summed E-state index contributed by atoms with van der Waals surface area (Å²) in [6, 6.07) is 6.20. The Morgan fingerprint density at radius 2 is 1.62 bits per heavy atom. The van der Waals surface area contributed by atoms with Crippen LogP contribution in [0.1, 0.15) is 55.3 Å². The molecule has 0 aliphatic heterocycles. The molecule has 114 valence electrons. The van der Waals surface area contributed by atoms with Crippen LogP contribution in [0.4, 0.5) is 0 Å². The van der Waals surface area contributed by atoms with E-state index in [2.05, 4.69) is 5.32 Å². The van der Waals surface area contributed by atoms with Crippen molar-refractivity contribution in [2.75, 3.05) is 0 Å². The Balaban J connectivity index is 2.16. The standard InChI is InChI=1S/C16H22N2O2S/c17-15(21)16(10-4-2-1-3-5-11-16)18-14(20)12-6-8-13(19)9-7-12/h6-9,19H,1-5,10-11H2,(H2,17,21)(H,18,20). The molecule has 2 rings (SSSR count). The molecule has 1 saturated carbocycles. The van der Waals surface area contributed by atoms with E-state index in [4.69, 9.17) is 18.0 Å². The molecule has 1 amide bonds. The van der Waals surface area contributed by atoms with E-state index in [1.807, 2.05) is 0 Å². The maximum Gasteiger partial charge on any atom is 0.252 e. The van der Waals surface area contributed by atoms with Crippen LogP contribution in [0.5, 0.6) is 5.75 Å². The van der Waals surface area contributed by atoms with Gasteiger partial charge in [0.05, 0.1) is 10.5 Å². The monoisotopic (exact) mass is 306 g/mol. The van der Waals surface area contributed by atoms with Crippen LogP contribution in [0.3, 0.4) is 0 Å². The van der Waals surface area contributed by atoms with Gasteiger partial charge in [-0.1, -0.05) is 44.3 Å². The minimum Gasteiger partial charge on any atom is -0.508 e. The van der Waals surface area contributed by atoms with Crippen LogP contribution in [0.2, 0.25) is 0 Å². The molecular formula is C16H22N2O2S. The number of benzene rings is 1. The number of hydrogen-bond donors (Lipinski definition) is 3. The second kappa shape index (κ2) is 6.89. The average Bonchev–Trinajstić information content (AvgIpc) is 2.42. The van der Waals surface area contributed by atoms with Gasteiger partial charge in [0.25, 0.3) is 5.91 Å². The molecule has 0 saturated heterocycles. The number of amides is 1. The number of aromatic hydroxyl groups is 1. The molecule has 0 atom stereocenters. The maximum atomic E-state index is 12.4. The fourth-order valence-electron chi connectivity index (χ4n) is 2.84. The molecular weight excluding hydrogens is 284 g/mol. The molecule has 21 heavy (non-hydrogen) atoms. The van der Waals surface area contributed by atoms with E-state index in [1.165, 1.54) is 18.6 Å². The number of nitrogens with one attached hydrogen (secondary N) is 1. The van der Waals surface area contributed by atoms with Gasteiger partial charge in [0.1, 0.15) is 5.75 Å². The number of phenols is 1. The number of nitrogens with two attached hydrogens (primary N) is 1. The Kier molecular flexibility index (Phi) is 5.17. The molecule has 1 aromatic rings. The highest BCUT2D eigenvalue weighted by Crippen LogP contribution is 2.27. The van der Waals surface area contributed by atoms with Crippen LogP contribution >= 0.6 is 12.2 Å². The zero-order valence-corrected chi connectivity index (χ0v) is 12.9. The highest BCUT2D eigenvalue weighted by atomic mass is 32.1. The van der Waals surface area contributed by atoms with E-state index in [9.17, 15) is 9.90 Å². The minimum absolute atomic E-state index is 0.140. The van der Waals surface area contributed by atoms with Gasteiger partial charge in [-0.15, -0.1) is 0 Å². The van der Waals surface area contributed by atoms with Gasteiger partial charge in [-0.2, -0.15) is 0 Å². The number of carbonyl (C=O) groups is 1. The molecule has 0 spiro atoms. The van der Waals surface area contributed by atoms with Crippen molar-refractivity contribution in [3.63, 3.8) is 0 Å². The Bertz CT molecular complexity index is 506. The molecule has 0 unspecified atom stereocenters. The second-order valence-electron chi connectivity index (χ2n) is 5.72. The number of hydrogen-bond acceptors (Lipinski definition) is 3. The summed E-state index contributed by atoms with van der Waals surface area (Å²) in [6.07, 6.45) is 7.18. The first-order valence-corrected chi connectivity index (χ1v) is 7.86. The topological polar surface area (TPSA) is 75.3 Å². The summed E-state index contributed by atoms with van der Waals surface area (Å²) in [5, 5.41) is 12.3. The smallest absolute Gasteiger partial charge is 0.252 e. The van der Waals surface area contributed by atoms with Gasteiger partial charge < -0.3 is 16.2 Å². The van der Waals surface area contributed by atoms with Crippen LogP contribution in [-0.4, -0.2) is 21.5 Å². The average molecular weight is 306 g/mol.